The van der Waals surface area contributed by atoms with Gasteiger partial charge >= 0.3 is 5.97 Å². The summed E-state index contributed by atoms with van der Waals surface area (Å²) in [5, 5.41) is 2.82. The number of methoxy groups -OCH3 is 1. The van der Waals surface area contributed by atoms with E-state index in [2.05, 4.69) is 26.2 Å². The Bertz CT molecular complexity index is 1040. The van der Waals surface area contributed by atoms with Crippen LogP contribution in [-0.4, -0.2) is 37.2 Å². The lowest BCUT2D eigenvalue weighted by atomic mass is 10.1. The number of halogens is 1. The van der Waals surface area contributed by atoms with Crippen LogP contribution >= 0.6 is 15.9 Å². The maximum Gasteiger partial charge on any atom is 0.340 e. The normalized spacial score (nSPS) is 10.8. The van der Waals surface area contributed by atoms with Gasteiger partial charge in [0.15, 0.2) is 0 Å². The lowest BCUT2D eigenvalue weighted by Gasteiger charge is -2.05. The lowest BCUT2D eigenvalue weighted by molar-refractivity contribution is 0.0387. The summed E-state index contributed by atoms with van der Waals surface area (Å²) in [6, 6.07) is 11.5. The first-order valence-electron chi connectivity index (χ1n) is 9.38. The molecule has 0 saturated carbocycles. The fraction of sp³-hybridized carbons (Fsp3) is 0.273. The third-order valence-electron chi connectivity index (χ3n) is 4.60. The number of nitrogens with one attached hydrogen (secondary N) is 2. The monoisotopic (exact) mass is 474 g/mol. The second-order valence-corrected chi connectivity index (χ2v) is 7.62. The van der Waals surface area contributed by atoms with E-state index in [-0.39, 0.29) is 19.1 Å². The predicted octanol–water partition coefficient (Wildman–Crippen LogP) is 4.39. The molecule has 0 spiro atoms. The molecule has 2 aromatic heterocycles. The number of carbonyl (C=O) groups is 2. The number of H-pyrrole nitrogens is 1. The van der Waals surface area contributed by atoms with E-state index in [0.29, 0.717) is 34.9 Å². The number of rotatable bonds is 8. The van der Waals surface area contributed by atoms with Crippen LogP contribution < -0.4 is 5.32 Å². The average molecular weight is 475 g/mol. The molecule has 0 saturated heterocycles. The third-order valence-corrected chi connectivity index (χ3v) is 5.13. The molecule has 158 valence electrons. The number of aromatic amines is 1. The Hall–Kier alpha value is -2.84. The van der Waals surface area contributed by atoms with Gasteiger partial charge in [-0.2, -0.15) is 0 Å². The Morgan fingerprint density at radius 3 is 2.53 bits per heavy atom. The second kappa shape index (κ2) is 9.77. The smallest absolute Gasteiger partial charge is 0.340 e. The fourth-order valence-corrected chi connectivity index (χ4v) is 3.34. The first kappa shape index (κ1) is 21.9. The van der Waals surface area contributed by atoms with Crippen LogP contribution in [-0.2, 0) is 16.0 Å². The Labute approximate surface area is 182 Å². The van der Waals surface area contributed by atoms with Gasteiger partial charge in [-0.3, -0.25) is 4.79 Å². The zero-order chi connectivity index (χ0) is 21.7. The third kappa shape index (κ3) is 5.01. The highest BCUT2D eigenvalue weighted by atomic mass is 79.9. The molecule has 2 heterocycles. The molecule has 30 heavy (non-hydrogen) atoms. The van der Waals surface area contributed by atoms with Crippen LogP contribution in [0.5, 0.6) is 0 Å². The standard InChI is InChI=1S/C22H23BrN2O5/c1-13-19(22(27)29-11-10-28-3)14(2)25-20(13)21(26)24-12-17-8-9-18(30-17)15-4-6-16(23)7-5-15/h4-9,25H,10-12H2,1-3H3,(H,24,26). The van der Waals surface area contributed by atoms with Crippen molar-refractivity contribution in [3.05, 3.63) is 69.1 Å². The fourth-order valence-electron chi connectivity index (χ4n) is 3.07. The number of hydrogen-bond acceptors (Lipinski definition) is 5. The van der Waals surface area contributed by atoms with E-state index in [9.17, 15) is 9.59 Å². The van der Waals surface area contributed by atoms with Crippen LogP contribution in [0, 0.1) is 13.8 Å². The van der Waals surface area contributed by atoms with Gasteiger partial charge in [-0.05, 0) is 43.7 Å². The van der Waals surface area contributed by atoms with Crippen LogP contribution in [0.25, 0.3) is 11.3 Å². The van der Waals surface area contributed by atoms with Crippen LogP contribution in [0.1, 0.15) is 37.9 Å². The van der Waals surface area contributed by atoms with Gasteiger partial charge in [0.05, 0.1) is 18.7 Å². The quantitative estimate of drug-likeness (QED) is 0.373. The van der Waals surface area contributed by atoms with Gasteiger partial charge in [-0.1, -0.05) is 28.1 Å². The summed E-state index contributed by atoms with van der Waals surface area (Å²) in [4.78, 5) is 27.9. The van der Waals surface area contributed by atoms with Gasteiger partial charge in [0.2, 0.25) is 0 Å². The zero-order valence-electron chi connectivity index (χ0n) is 17.0. The number of benzene rings is 1. The van der Waals surface area contributed by atoms with Crippen molar-refractivity contribution in [3.63, 3.8) is 0 Å². The molecule has 0 bridgehead atoms. The molecule has 0 fully saturated rings. The van der Waals surface area contributed by atoms with Crippen molar-refractivity contribution in [2.75, 3.05) is 20.3 Å². The molecule has 0 radical (unpaired) electrons. The largest absolute Gasteiger partial charge is 0.460 e. The molecule has 2 N–H and O–H groups in total. The number of furan rings is 1. The first-order chi connectivity index (χ1) is 14.4. The number of ether oxygens (including phenoxy) is 2. The van der Waals surface area contributed by atoms with E-state index in [1.54, 1.807) is 13.8 Å². The van der Waals surface area contributed by atoms with E-state index >= 15 is 0 Å². The van der Waals surface area contributed by atoms with Crippen LogP contribution in [0.3, 0.4) is 0 Å². The summed E-state index contributed by atoms with van der Waals surface area (Å²) in [5.41, 5.74) is 2.76. The molecule has 0 aliphatic heterocycles. The summed E-state index contributed by atoms with van der Waals surface area (Å²) < 4.78 is 16.9. The molecule has 3 rings (SSSR count). The number of hydrogen-bond donors (Lipinski definition) is 2. The summed E-state index contributed by atoms with van der Waals surface area (Å²) in [6.07, 6.45) is 0. The number of carbonyl (C=O) groups excluding carboxylic acids is 2. The van der Waals surface area contributed by atoms with Crippen LogP contribution in [0.15, 0.2) is 45.3 Å². The SMILES string of the molecule is COCCOC(=O)c1c(C)[nH]c(C(=O)NCc2ccc(-c3ccc(Br)cc3)o2)c1C. The van der Waals surface area contributed by atoms with Gasteiger partial charge in [0.1, 0.15) is 23.8 Å². The highest BCUT2D eigenvalue weighted by molar-refractivity contribution is 9.10. The highest BCUT2D eigenvalue weighted by Crippen LogP contribution is 2.24. The molecule has 0 aliphatic carbocycles. The Morgan fingerprint density at radius 2 is 1.83 bits per heavy atom. The molecule has 0 atom stereocenters. The highest BCUT2D eigenvalue weighted by Gasteiger charge is 2.23. The molecule has 0 unspecified atom stereocenters. The molecule has 0 aliphatic rings. The van der Waals surface area contributed by atoms with Crippen molar-refractivity contribution >= 4 is 27.8 Å². The van der Waals surface area contributed by atoms with Crippen molar-refractivity contribution in [1.29, 1.82) is 0 Å². The predicted molar refractivity (Wildman–Crippen MR) is 115 cm³/mol. The van der Waals surface area contributed by atoms with Gasteiger partial charge in [0, 0.05) is 22.8 Å². The average Bonchev–Trinajstić information content (AvgIpc) is 3.31. The van der Waals surface area contributed by atoms with Gasteiger partial charge in [-0.15, -0.1) is 0 Å². The van der Waals surface area contributed by atoms with E-state index in [4.69, 9.17) is 13.9 Å². The number of amides is 1. The zero-order valence-corrected chi connectivity index (χ0v) is 18.6. The first-order valence-corrected chi connectivity index (χ1v) is 10.2. The lowest BCUT2D eigenvalue weighted by Crippen LogP contribution is -2.23. The van der Waals surface area contributed by atoms with Crippen molar-refractivity contribution < 1.29 is 23.5 Å². The molecular weight excluding hydrogens is 452 g/mol. The minimum Gasteiger partial charge on any atom is -0.460 e. The van der Waals surface area contributed by atoms with Crippen LogP contribution in [0.4, 0.5) is 0 Å². The Morgan fingerprint density at radius 1 is 1.10 bits per heavy atom. The summed E-state index contributed by atoms with van der Waals surface area (Å²) in [7, 11) is 1.53. The molecule has 7 nitrogen and oxygen atoms in total. The maximum atomic E-state index is 12.6. The van der Waals surface area contributed by atoms with Crippen molar-refractivity contribution in [1.82, 2.24) is 10.3 Å². The van der Waals surface area contributed by atoms with Crippen LogP contribution in [0.2, 0.25) is 0 Å². The van der Waals surface area contributed by atoms with Crippen molar-refractivity contribution in [2.24, 2.45) is 0 Å². The minimum absolute atomic E-state index is 0.153. The van der Waals surface area contributed by atoms with Gasteiger partial charge in [-0.25, -0.2) is 4.79 Å². The van der Waals surface area contributed by atoms with Gasteiger partial charge < -0.3 is 24.2 Å². The van der Waals surface area contributed by atoms with E-state index < -0.39 is 5.97 Å². The Balaban J connectivity index is 1.65. The maximum absolute atomic E-state index is 12.6. The van der Waals surface area contributed by atoms with E-state index in [1.165, 1.54) is 7.11 Å². The topological polar surface area (TPSA) is 93.6 Å². The number of esters is 1. The number of aromatic nitrogens is 1. The summed E-state index contributed by atoms with van der Waals surface area (Å²) >= 11 is 3.41. The Kier molecular flexibility index (Phi) is 7.12. The molecule has 1 aromatic carbocycles. The molecule has 8 heteroatoms. The molecule has 1 amide bonds. The summed E-state index contributed by atoms with van der Waals surface area (Å²) in [5.74, 6) is 0.539. The van der Waals surface area contributed by atoms with Crippen molar-refractivity contribution in [3.8, 4) is 11.3 Å². The molecular formula is C22H23BrN2O5. The van der Waals surface area contributed by atoms with Gasteiger partial charge in [0.25, 0.3) is 5.91 Å². The van der Waals surface area contributed by atoms with E-state index in [1.807, 2.05) is 36.4 Å². The van der Waals surface area contributed by atoms with E-state index in [0.717, 1.165) is 15.8 Å². The second-order valence-electron chi connectivity index (χ2n) is 6.71. The minimum atomic E-state index is -0.484. The summed E-state index contributed by atoms with van der Waals surface area (Å²) in [6.45, 7) is 4.13. The number of aryl methyl sites for hydroxylation is 1. The van der Waals surface area contributed by atoms with Crippen molar-refractivity contribution in [2.45, 2.75) is 20.4 Å². The molecule has 3 aromatic rings.